The Balaban J connectivity index is 2.68. The Bertz CT molecular complexity index is 610. The van der Waals surface area contributed by atoms with Gasteiger partial charge in [-0.2, -0.15) is 0 Å². The lowest BCUT2D eigenvalue weighted by molar-refractivity contribution is -0.138. The number of carbonyl (C=O) groups excluding carboxylic acids is 2. The molecule has 0 aliphatic carbocycles. The number of halogens is 2. The maximum absolute atomic E-state index is 13.5. The Morgan fingerprint density at radius 2 is 1.92 bits per heavy atom. The highest BCUT2D eigenvalue weighted by molar-refractivity contribution is 6.30. The van der Waals surface area contributed by atoms with Gasteiger partial charge in [0.15, 0.2) is 0 Å². The molecule has 3 N–H and O–H groups in total. The summed E-state index contributed by atoms with van der Waals surface area (Å²) >= 11 is 5.60. The Kier molecular flexibility index (Phi) is 8.18. The minimum Gasteiger partial charge on any atom is -0.481 e. The van der Waals surface area contributed by atoms with E-state index in [1.165, 1.54) is 12.1 Å². The zero-order chi connectivity index (χ0) is 18.1. The van der Waals surface area contributed by atoms with E-state index in [0.717, 1.165) is 12.5 Å². The molecule has 6 nitrogen and oxygen atoms in total. The van der Waals surface area contributed by atoms with Crippen molar-refractivity contribution in [1.82, 2.24) is 10.6 Å². The van der Waals surface area contributed by atoms with Crippen LogP contribution in [0.4, 0.5) is 4.39 Å². The Labute approximate surface area is 144 Å². The summed E-state index contributed by atoms with van der Waals surface area (Å²) in [5.74, 6) is -2.57. The van der Waals surface area contributed by atoms with Gasteiger partial charge in [0.25, 0.3) is 0 Å². The van der Waals surface area contributed by atoms with E-state index in [2.05, 4.69) is 10.6 Å². The number of nitrogens with one attached hydrogen (secondary N) is 2. The van der Waals surface area contributed by atoms with Gasteiger partial charge < -0.3 is 15.7 Å². The van der Waals surface area contributed by atoms with Crippen LogP contribution >= 0.6 is 11.6 Å². The Hall–Kier alpha value is -2.15. The molecule has 0 radical (unpaired) electrons. The summed E-state index contributed by atoms with van der Waals surface area (Å²) < 4.78 is 13.5. The smallest absolute Gasteiger partial charge is 0.305 e. The first-order valence-electron chi connectivity index (χ1n) is 7.56. The lowest BCUT2D eigenvalue weighted by Gasteiger charge is -2.18. The molecule has 0 aromatic heterocycles. The predicted molar refractivity (Wildman–Crippen MR) is 87.1 cm³/mol. The number of aliphatic carboxylic acids is 1. The monoisotopic (exact) mass is 358 g/mol. The topological polar surface area (TPSA) is 95.5 Å². The molecule has 1 atom stereocenters. The number of hydrogen-bond donors (Lipinski definition) is 3. The number of carboxylic acids is 1. The van der Waals surface area contributed by atoms with E-state index in [9.17, 15) is 18.8 Å². The lowest BCUT2D eigenvalue weighted by atomic mass is 10.0. The minimum absolute atomic E-state index is 0.000599. The highest BCUT2D eigenvalue weighted by Gasteiger charge is 2.19. The van der Waals surface area contributed by atoms with Gasteiger partial charge in [-0.05, 0) is 24.1 Å². The zero-order valence-corrected chi connectivity index (χ0v) is 14.0. The molecule has 8 heteroatoms. The van der Waals surface area contributed by atoms with Crippen molar-refractivity contribution in [2.75, 3.05) is 6.54 Å². The van der Waals surface area contributed by atoms with Crippen molar-refractivity contribution < 1.29 is 23.9 Å². The maximum Gasteiger partial charge on any atom is 0.305 e. The molecule has 1 unspecified atom stereocenters. The van der Waals surface area contributed by atoms with Gasteiger partial charge in [0.05, 0.1) is 17.5 Å². The third-order valence-electron chi connectivity index (χ3n) is 3.21. The molecular weight excluding hydrogens is 339 g/mol. The molecule has 0 fully saturated rings. The number of carboxylic acid groups (broad SMARTS) is 1. The average Bonchev–Trinajstić information content (AvgIpc) is 2.52. The van der Waals surface area contributed by atoms with Crippen LogP contribution in [-0.2, 0) is 14.4 Å². The van der Waals surface area contributed by atoms with Crippen molar-refractivity contribution in [3.63, 3.8) is 0 Å². The van der Waals surface area contributed by atoms with Gasteiger partial charge in [-0.15, -0.1) is 0 Å². The number of carbonyl (C=O) groups is 3. The van der Waals surface area contributed by atoms with E-state index < -0.39 is 30.2 Å². The fourth-order valence-electron chi connectivity index (χ4n) is 2.00. The third-order valence-corrected chi connectivity index (χ3v) is 3.52. The lowest BCUT2D eigenvalue weighted by Crippen LogP contribution is -2.32. The SMILES string of the molecule is CCCNC(=O)CCC(=O)NC(CC(=O)O)c1ccc(Cl)c(F)c1. The van der Waals surface area contributed by atoms with Crippen LogP contribution in [0.3, 0.4) is 0 Å². The first kappa shape index (κ1) is 19.9. The normalized spacial score (nSPS) is 11.6. The number of hydrogen-bond acceptors (Lipinski definition) is 3. The molecule has 0 spiro atoms. The van der Waals surface area contributed by atoms with Crippen molar-refractivity contribution in [1.29, 1.82) is 0 Å². The quantitative estimate of drug-likeness (QED) is 0.631. The van der Waals surface area contributed by atoms with E-state index in [0.29, 0.717) is 12.1 Å². The standard InChI is InChI=1S/C16H20ClFN2O4/c1-2-7-19-14(21)5-6-15(22)20-13(9-16(23)24)10-3-4-11(17)12(18)8-10/h3-4,8,13H,2,5-7,9H2,1H3,(H,19,21)(H,20,22)(H,23,24). The minimum atomic E-state index is -1.14. The van der Waals surface area contributed by atoms with Crippen LogP contribution in [0.15, 0.2) is 18.2 Å². The summed E-state index contributed by atoms with van der Waals surface area (Å²) in [4.78, 5) is 34.4. The summed E-state index contributed by atoms with van der Waals surface area (Å²) in [6.45, 7) is 2.45. The van der Waals surface area contributed by atoms with Crippen molar-refractivity contribution >= 4 is 29.4 Å². The Morgan fingerprint density at radius 1 is 1.25 bits per heavy atom. The van der Waals surface area contributed by atoms with Gasteiger partial charge in [0.2, 0.25) is 11.8 Å². The second-order valence-electron chi connectivity index (χ2n) is 5.24. The molecule has 0 saturated heterocycles. The first-order valence-corrected chi connectivity index (χ1v) is 7.94. The molecule has 0 saturated carbocycles. The number of benzene rings is 1. The molecule has 0 aliphatic heterocycles. The Morgan fingerprint density at radius 3 is 2.50 bits per heavy atom. The van der Waals surface area contributed by atoms with Gasteiger partial charge in [0, 0.05) is 19.4 Å². The highest BCUT2D eigenvalue weighted by atomic mass is 35.5. The van der Waals surface area contributed by atoms with Gasteiger partial charge in [-0.1, -0.05) is 24.6 Å². The molecule has 24 heavy (non-hydrogen) atoms. The third kappa shape index (κ3) is 6.95. The van der Waals surface area contributed by atoms with Gasteiger partial charge in [-0.3, -0.25) is 14.4 Å². The summed E-state index contributed by atoms with van der Waals surface area (Å²) in [6.07, 6.45) is 0.304. The number of amides is 2. The van der Waals surface area contributed by atoms with Crippen molar-refractivity contribution in [3.8, 4) is 0 Å². The molecule has 1 aromatic carbocycles. The van der Waals surface area contributed by atoms with Crippen molar-refractivity contribution in [2.24, 2.45) is 0 Å². The van der Waals surface area contributed by atoms with Crippen molar-refractivity contribution in [2.45, 2.75) is 38.6 Å². The second kappa shape index (κ2) is 9.87. The average molecular weight is 359 g/mol. The highest BCUT2D eigenvalue weighted by Crippen LogP contribution is 2.22. The summed E-state index contributed by atoms with van der Waals surface area (Å²) in [5.41, 5.74) is 0.295. The summed E-state index contributed by atoms with van der Waals surface area (Å²) in [7, 11) is 0. The van der Waals surface area contributed by atoms with Crippen LogP contribution < -0.4 is 10.6 Å². The van der Waals surface area contributed by atoms with E-state index in [4.69, 9.17) is 16.7 Å². The van der Waals surface area contributed by atoms with E-state index >= 15 is 0 Å². The molecule has 0 bridgehead atoms. The summed E-state index contributed by atoms with van der Waals surface area (Å²) in [5, 5.41) is 14.0. The zero-order valence-electron chi connectivity index (χ0n) is 13.3. The second-order valence-corrected chi connectivity index (χ2v) is 5.65. The largest absolute Gasteiger partial charge is 0.481 e. The molecule has 2 amide bonds. The predicted octanol–water partition coefficient (Wildman–Crippen LogP) is 2.42. The van der Waals surface area contributed by atoms with Crippen LogP contribution in [0.25, 0.3) is 0 Å². The molecule has 1 rings (SSSR count). The van der Waals surface area contributed by atoms with Crippen molar-refractivity contribution in [3.05, 3.63) is 34.6 Å². The van der Waals surface area contributed by atoms with E-state index in [1.807, 2.05) is 6.92 Å². The van der Waals surface area contributed by atoms with Gasteiger partial charge in [-0.25, -0.2) is 4.39 Å². The first-order chi connectivity index (χ1) is 11.3. The molecule has 132 valence electrons. The molecule has 0 aliphatic rings. The fraction of sp³-hybridized carbons (Fsp3) is 0.438. The van der Waals surface area contributed by atoms with E-state index in [-0.39, 0.29) is 23.8 Å². The fourth-order valence-corrected chi connectivity index (χ4v) is 2.12. The maximum atomic E-state index is 13.5. The van der Waals surface area contributed by atoms with Crippen LogP contribution in [0.2, 0.25) is 5.02 Å². The van der Waals surface area contributed by atoms with Crippen LogP contribution in [0, 0.1) is 5.82 Å². The van der Waals surface area contributed by atoms with E-state index in [1.54, 1.807) is 0 Å². The van der Waals surface area contributed by atoms with Crippen LogP contribution in [0.1, 0.15) is 44.2 Å². The molecule has 1 aromatic rings. The van der Waals surface area contributed by atoms with Crippen LogP contribution in [-0.4, -0.2) is 29.4 Å². The van der Waals surface area contributed by atoms with Crippen LogP contribution in [0.5, 0.6) is 0 Å². The number of rotatable bonds is 9. The van der Waals surface area contributed by atoms with Gasteiger partial charge >= 0.3 is 5.97 Å². The molecular formula is C16H20ClFN2O4. The molecule has 0 heterocycles. The summed E-state index contributed by atoms with van der Waals surface area (Å²) in [6, 6.07) is 2.93. The van der Waals surface area contributed by atoms with Gasteiger partial charge in [0.1, 0.15) is 5.82 Å².